The van der Waals surface area contributed by atoms with Crippen LogP contribution in [-0.2, 0) is 4.79 Å². The number of rotatable bonds is 2. The number of carbonyl (C=O) groups excluding carboxylic acids is 1. The molecule has 1 unspecified atom stereocenters. The number of alkyl halides is 1. The van der Waals surface area contributed by atoms with Gasteiger partial charge in [0.2, 0.25) is 6.17 Å². The molecule has 0 aromatic carbocycles. The lowest BCUT2D eigenvalue weighted by Gasteiger charge is -1.90. The molecule has 1 aromatic rings. The normalized spacial score (nSPS) is 13.0. The van der Waals surface area contributed by atoms with Gasteiger partial charge in [-0.3, -0.25) is 4.79 Å². The molecule has 1 rings (SSSR count). The predicted molar refractivity (Wildman–Crippen MR) is 33.6 cm³/mol. The minimum Gasteiger partial charge on any atom is -0.446 e. The fourth-order valence-corrected chi connectivity index (χ4v) is 0.696. The summed E-state index contributed by atoms with van der Waals surface area (Å²) in [4.78, 5) is 9.84. The van der Waals surface area contributed by atoms with Gasteiger partial charge in [0.05, 0.1) is 0 Å². The largest absolute Gasteiger partial charge is 0.446 e. The lowest BCUT2D eigenvalue weighted by Crippen LogP contribution is -1.87. The van der Waals surface area contributed by atoms with Crippen molar-refractivity contribution >= 4 is 17.9 Å². The molecule has 4 heteroatoms. The van der Waals surface area contributed by atoms with Gasteiger partial charge < -0.3 is 4.42 Å². The topological polar surface area (TPSA) is 30.2 Å². The van der Waals surface area contributed by atoms with Crippen LogP contribution in [0.4, 0.5) is 4.39 Å². The Kier molecular flexibility index (Phi) is 2.06. The van der Waals surface area contributed by atoms with Crippen LogP contribution in [0.3, 0.4) is 0 Å². The Morgan fingerprint density at radius 1 is 1.70 bits per heavy atom. The standard InChI is InChI=1S/C6H4ClFO2/c7-6-2-1-5(10-6)4(8)3-9/h1-4H. The molecule has 10 heavy (non-hydrogen) atoms. The summed E-state index contributed by atoms with van der Waals surface area (Å²) >= 11 is 5.31. The summed E-state index contributed by atoms with van der Waals surface area (Å²) in [5, 5.41) is 0.0829. The smallest absolute Gasteiger partial charge is 0.212 e. The minimum atomic E-state index is -1.70. The number of hydrogen-bond acceptors (Lipinski definition) is 2. The van der Waals surface area contributed by atoms with Crippen molar-refractivity contribution in [2.45, 2.75) is 6.17 Å². The molecule has 0 aliphatic carbocycles. The Hall–Kier alpha value is -0.830. The van der Waals surface area contributed by atoms with E-state index in [1.165, 1.54) is 12.1 Å². The van der Waals surface area contributed by atoms with Crippen LogP contribution in [0.15, 0.2) is 16.5 Å². The highest BCUT2D eigenvalue weighted by molar-refractivity contribution is 6.28. The Bertz CT molecular complexity index is 233. The molecular formula is C6H4ClFO2. The second kappa shape index (κ2) is 2.84. The average Bonchev–Trinajstić information content (AvgIpc) is 2.34. The van der Waals surface area contributed by atoms with E-state index in [9.17, 15) is 9.18 Å². The number of halogens is 2. The first-order valence-electron chi connectivity index (χ1n) is 2.58. The quantitative estimate of drug-likeness (QED) is 0.624. The van der Waals surface area contributed by atoms with Gasteiger partial charge in [0, 0.05) is 0 Å². The molecule has 2 nitrogen and oxygen atoms in total. The first kappa shape index (κ1) is 7.28. The molecule has 0 aliphatic heterocycles. The van der Waals surface area contributed by atoms with Gasteiger partial charge in [0.15, 0.2) is 11.5 Å². The van der Waals surface area contributed by atoms with E-state index < -0.39 is 6.17 Å². The molecule has 0 saturated carbocycles. The highest BCUT2D eigenvalue weighted by Gasteiger charge is 2.11. The van der Waals surface area contributed by atoms with E-state index in [2.05, 4.69) is 4.42 Å². The predicted octanol–water partition coefficient (Wildman–Crippen LogP) is 2.14. The van der Waals surface area contributed by atoms with Gasteiger partial charge in [-0.2, -0.15) is 0 Å². The molecule has 0 amide bonds. The van der Waals surface area contributed by atoms with Crippen LogP contribution >= 0.6 is 11.6 Å². The Morgan fingerprint density at radius 2 is 2.40 bits per heavy atom. The average molecular weight is 163 g/mol. The molecule has 0 bridgehead atoms. The van der Waals surface area contributed by atoms with Crippen LogP contribution in [0, 0.1) is 0 Å². The summed E-state index contributed by atoms with van der Waals surface area (Å²) in [5.41, 5.74) is 0. The summed E-state index contributed by atoms with van der Waals surface area (Å²) in [5.74, 6) is -0.0556. The lowest BCUT2D eigenvalue weighted by atomic mass is 10.3. The van der Waals surface area contributed by atoms with Crippen molar-refractivity contribution in [2.24, 2.45) is 0 Å². The first-order chi connectivity index (χ1) is 4.74. The summed E-state index contributed by atoms with van der Waals surface area (Å²) < 4.78 is 17.0. The third-order valence-corrected chi connectivity index (χ3v) is 1.19. The maximum Gasteiger partial charge on any atom is 0.212 e. The number of carbonyl (C=O) groups is 1. The lowest BCUT2D eigenvalue weighted by molar-refractivity contribution is -0.112. The van der Waals surface area contributed by atoms with E-state index in [4.69, 9.17) is 11.6 Å². The Morgan fingerprint density at radius 3 is 2.80 bits per heavy atom. The highest BCUT2D eigenvalue weighted by atomic mass is 35.5. The third-order valence-electron chi connectivity index (χ3n) is 0.985. The van der Waals surface area contributed by atoms with E-state index >= 15 is 0 Å². The van der Waals surface area contributed by atoms with Crippen molar-refractivity contribution in [1.29, 1.82) is 0 Å². The number of aldehydes is 1. The first-order valence-corrected chi connectivity index (χ1v) is 2.96. The molecule has 1 heterocycles. The third kappa shape index (κ3) is 1.36. The molecule has 0 N–H and O–H groups in total. The highest BCUT2D eigenvalue weighted by Crippen LogP contribution is 2.20. The van der Waals surface area contributed by atoms with E-state index in [0.29, 0.717) is 0 Å². The second-order valence-electron chi connectivity index (χ2n) is 1.68. The zero-order valence-corrected chi connectivity index (χ0v) is 5.64. The molecule has 0 aliphatic rings. The van der Waals surface area contributed by atoms with Gasteiger partial charge in [-0.15, -0.1) is 0 Å². The van der Waals surface area contributed by atoms with Crippen molar-refractivity contribution in [3.05, 3.63) is 23.1 Å². The molecule has 0 saturated heterocycles. The van der Waals surface area contributed by atoms with Crippen LogP contribution in [0.5, 0.6) is 0 Å². The molecule has 0 fully saturated rings. The summed E-state index contributed by atoms with van der Waals surface area (Å²) in [6.07, 6.45) is -1.55. The summed E-state index contributed by atoms with van der Waals surface area (Å²) in [6, 6.07) is 2.70. The SMILES string of the molecule is O=CC(F)c1ccc(Cl)o1. The molecule has 0 radical (unpaired) electrons. The molecular weight excluding hydrogens is 159 g/mol. The van der Waals surface area contributed by atoms with Gasteiger partial charge in [-0.25, -0.2) is 4.39 Å². The minimum absolute atomic E-state index is 0.0556. The molecule has 1 aromatic heterocycles. The molecule has 1 atom stereocenters. The van der Waals surface area contributed by atoms with E-state index in [-0.39, 0.29) is 17.3 Å². The van der Waals surface area contributed by atoms with Crippen molar-refractivity contribution in [2.75, 3.05) is 0 Å². The van der Waals surface area contributed by atoms with Crippen LogP contribution in [0.25, 0.3) is 0 Å². The van der Waals surface area contributed by atoms with Gasteiger partial charge in [-0.05, 0) is 23.7 Å². The zero-order valence-electron chi connectivity index (χ0n) is 4.88. The van der Waals surface area contributed by atoms with Crippen LogP contribution in [0.1, 0.15) is 11.9 Å². The van der Waals surface area contributed by atoms with Crippen LogP contribution < -0.4 is 0 Å². The van der Waals surface area contributed by atoms with E-state index in [0.717, 1.165) is 0 Å². The van der Waals surface area contributed by atoms with Gasteiger partial charge in [0.1, 0.15) is 5.76 Å². The van der Waals surface area contributed by atoms with E-state index in [1.54, 1.807) is 0 Å². The number of furan rings is 1. The molecule has 0 spiro atoms. The fourth-order valence-electron chi connectivity index (χ4n) is 0.544. The van der Waals surface area contributed by atoms with Crippen molar-refractivity contribution in [3.8, 4) is 0 Å². The maximum atomic E-state index is 12.4. The van der Waals surface area contributed by atoms with Crippen LogP contribution in [-0.4, -0.2) is 6.29 Å². The monoisotopic (exact) mass is 162 g/mol. The van der Waals surface area contributed by atoms with Gasteiger partial charge in [-0.1, -0.05) is 0 Å². The van der Waals surface area contributed by atoms with Crippen molar-refractivity contribution < 1.29 is 13.6 Å². The molecule has 54 valence electrons. The van der Waals surface area contributed by atoms with Gasteiger partial charge in [0.25, 0.3) is 0 Å². The zero-order chi connectivity index (χ0) is 7.56. The van der Waals surface area contributed by atoms with Crippen molar-refractivity contribution in [3.63, 3.8) is 0 Å². The fraction of sp³-hybridized carbons (Fsp3) is 0.167. The Balaban J connectivity index is 2.84. The van der Waals surface area contributed by atoms with E-state index in [1.807, 2.05) is 0 Å². The van der Waals surface area contributed by atoms with Crippen molar-refractivity contribution in [1.82, 2.24) is 0 Å². The Labute approximate surface area is 61.6 Å². The number of hydrogen-bond donors (Lipinski definition) is 0. The van der Waals surface area contributed by atoms with Crippen LogP contribution in [0.2, 0.25) is 5.22 Å². The van der Waals surface area contributed by atoms with Gasteiger partial charge >= 0.3 is 0 Å². The second-order valence-corrected chi connectivity index (χ2v) is 2.05. The maximum absolute atomic E-state index is 12.4. The summed E-state index contributed by atoms with van der Waals surface area (Å²) in [6.45, 7) is 0. The summed E-state index contributed by atoms with van der Waals surface area (Å²) in [7, 11) is 0.